The summed E-state index contributed by atoms with van der Waals surface area (Å²) in [6.45, 7) is 6.18. The minimum absolute atomic E-state index is 0.177. The van der Waals surface area contributed by atoms with Crippen molar-refractivity contribution >= 4 is 52.4 Å². The Labute approximate surface area is 291 Å². The summed E-state index contributed by atoms with van der Waals surface area (Å²) in [5.41, 5.74) is 5.46. The van der Waals surface area contributed by atoms with E-state index >= 15 is 0 Å². The molecule has 4 N–H and O–H groups in total. The molecule has 1 heterocycles. The zero-order valence-electron chi connectivity index (χ0n) is 26.3. The van der Waals surface area contributed by atoms with Gasteiger partial charge in [-0.2, -0.15) is 5.10 Å². The third-order valence-corrected chi connectivity index (χ3v) is 7.74. The highest BCUT2D eigenvalue weighted by atomic mass is 127. The second-order valence-electron chi connectivity index (χ2n) is 10.1. The highest BCUT2D eigenvalue weighted by Gasteiger charge is 2.32. The number of allylic oxidation sites excluding steroid dienone is 1. The van der Waals surface area contributed by atoms with Gasteiger partial charge in [0.15, 0.2) is 29.2 Å². The van der Waals surface area contributed by atoms with Crippen LogP contribution >= 0.6 is 34.2 Å². The van der Waals surface area contributed by atoms with E-state index in [9.17, 15) is 14.7 Å². The SMILES string of the molecule is CCOc1cc([C@@H]2NC(=O)NC(C)=C2C(=O)OC)ccc1OC[C@H](O)N/N=C\c1cc(Cl)c(OCc2ccc(I)cc2)c(OCC)c1. The monoisotopic (exact) mass is 778 g/mol. The molecule has 2 amide bonds. The van der Waals surface area contributed by atoms with Crippen LogP contribution in [0.15, 0.2) is 71.0 Å². The van der Waals surface area contributed by atoms with Crippen LogP contribution in [0.3, 0.4) is 0 Å². The molecule has 1 aliphatic heterocycles. The van der Waals surface area contributed by atoms with E-state index in [1.54, 1.807) is 37.3 Å². The number of hydrogen-bond acceptors (Lipinski definition) is 10. The lowest BCUT2D eigenvalue weighted by molar-refractivity contribution is -0.136. The molecule has 3 aromatic rings. The first-order valence-corrected chi connectivity index (χ1v) is 16.1. The van der Waals surface area contributed by atoms with E-state index in [0.29, 0.717) is 64.7 Å². The molecule has 47 heavy (non-hydrogen) atoms. The van der Waals surface area contributed by atoms with E-state index in [2.05, 4.69) is 43.8 Å². The molecule has 4 rings (SSSR count). The molecule has 14 heteroatoms. The van der Waals surface area contributed by atoms with Crippen molar-refractivity contribution in [1.82, 2.24) is 16.1 Å². The lowest BCUT2D eigenvalue weighted by atomic mass is 9.95. The minimum Gasteiger partial charge on any atom is -0.490 e. The van der Waals surface area contributed by atoms with Crippen molar-refractivity contribution in [1.29, 1.82) is 0 Å². The maximum atomic E-state index is 12.5. The van der Waals surface area contributed by atoms with Crippen molar-refractivity contribution in [3.8, 4) is 23.0 Å². The Kier molecular flexibility index (Phi) is 13.0. The number of hydrogen-bond donors (Lipinski definition) is 4. The molecule has 12 nitrogen and oxygen atoms in total. The molecule has 2 atom stereocenters. The number of nitrogens with zero attached hydrogens (tertiary/aromatic N) is 1. The molecule has 1 aliphatic rings. The largest absolute Gasteiger partial charge is 0.490 e. The normalized spacial score (nSPS) is 15.0. The van der Waals surface area contributed by atoms with Gasteiger partial charge in [-0.3, -0.25) is 5.43 Å². The number of benzene rings is 3. The summed E-state index contributed by atoms with van der Waals surface area (Å²) in [6, 6.07) is 15.2. The number of nitrogens with one attached hydrogen (secondary N) is 3. The van der Waals surface area contributed by atoms with Crippen molar-refractivity contribution in [2.24, 2.45) is 5.10 Å². The van der Waals surface area contributed by atoms with Gasteiger partial charge in [0, 0.05) is 9.27 Å². The fourth-order valence-electron chi connectivity index (χ4n) is 4.62. The smallest absolute Gasteiger partial charge is 0.337 e. The highest BCUT2D eigenvalue weighted by molar-refractivity contribution is 14.1. The van der Waals surface area contributed by atoms with Gasteiger partial charge in [0.05, 0.1) is 43.2 Å². The molecular formula is C33H36ClIN4O8. The van der Waals surface area contributed by atoms with E-state index in [0.717, 1.165) is 9.13 Å². The van der Waals surface area contributed by atoms with Crippen molar-refractivity contribution in [3.63, 3.8) is 0 Å². The summed E-state index contributed by atoms with van der Waals surface area (Å²) in [4.78, 5) is 24.6. The van der Waals surface area contributed by atoms with Gasteiger partial charge in [0.2, 0.25) is 0 Å². The first-order chi connectivity index (χ1) is 22.6. The molecule has 0 saturated heterocycles. The Morgan fingerprint density at radius 1 is 1.04 bits per heavy atom. The van der Waals surface area contributed by atoms with Gasteiger partial charge in [0.1, 0.15) is 13.2 Å². The van der Waals surface area contributed by atoms with Gasteiger partial charge in [-0.15, -0.1) is 0 Å². The van der Waals surface area contributed by atoms with Gasteiger partial charge in [-0.05, 0) is 96.5 Å². The van der Waals surface area contributed by atoms with Crippen LogP contribution in [0.2, 0.25) is 5.02 Å². The van der Waals surface area contributed by atoms with Gasteiger partial charge >= 0.3 is 12.0 Å². The van der Waals surface area contributed by atoms with E-state index in [4.69, 9.17) is 35.3 Å². The first kappa shape index (κ1) is 35.6. The molecule has 0 fully saturated rings. The van der Waals surface area contributed by atoms with Crippen LogP contribution in [0.4, 0.5) is 4.79 Å². The number of urea groups is 1. The number of carbonyl (C=O) groups is 2. The maximum Gasteiger partial charge on any atom is 0.337 e. The van der Waals surface area contributed by atoms with Crippen LogP contribution in [0.5, 0.6) is 23.0 Å². The Hall–Kier alpha value is -4.21. The molecule has 0 radical (unpaired) electrons. The zero-order valence-corrected chi connectivity index (χ0v) is 29.2. The van der Waals surface area contributed by atoms with Crippen LogP contribution in [0.1, 0.15) is 43.5 Å². The molecule has 0 spiro atoms. The second kappa shape index (κ2) is 17.1. The third-order valence-electron chi connectivity index (χ3n) is 6.74. The number of esters is 1. The Bertz CT molecular complexity index is 1630. The number of rotatable bonds is 15. The number of amides is 2. The summed E-state index contributed by atoms with van der Waals surface area (Å²) in [5.74, 6) is 1.02. The van der Waals surface area contributed by atoms with Crippen LogP contribution in [0.25, 0.3) is 0 Å². The summed E-state index contributed by atoms with van der Waals surface area (Å²) in [7, 11) is 1.27. The molecule has 0 aromatic heterocycles. The molecule has 250 valence electrons. The molecule has 3 aromatic carbocycles. The zero-order chi connectivity index (χ0) is 33.9. The summed E-state index contributed by atoms with van der Waals surface area (Å²) >= 11 is 8.80. The lowest BCUT2D eigenvalue weighted by Gasteiger charge is -2.28. The topological polar surface area (TPSA) is 149 Å². The number of methoxy groups -OCH3 is 1. The van der Waals surface area contributed by atoms with Gasteiger partial charge in [-0.1, -0.05) is 29.8 Å². The minimum atomic E-state index is -1.18. The van der Waals surface area contributed by atoms with Crippen LogP contribution in [-0.4, -0.2) is 56.5 Å². The van der Waals surface area contributed by atoms with Gasteiger partial charge in [0.25, 0.3) is 0 Å². The Balaban J connectivity index is 1.40. The summed E-state index contributed by atoms with van der Waals surface area (Å²) in [6.07, 6.45) is 0.307. The standard InChI is InChI=1S/C33H36ClIN4O8/c1-5-44-26-15-22(30-29(32(41)43-4)19(3)37-33(42)38-30)9-12-25(26)46-18-28(40)39-36-16-21-13-24(34)31(27(14-21)45-6-2)47-17-20-7-10-23(35)11-8-20/h7-16,28,30,39-40H,5-6,17-18H2,1-4H3,(H2,37,38,42)/b36-16-/t28-,30-/m0/s1. The number of aliphatic hydroxyl groups is 1. The molecule has 0 unspecified atom stereocenters. The molecule has 0 saturated carbocycles. The third kappa shape index (κ3) is 9.65. The number of ether oxygens (including phenoxy) is 5. The average molecular weight is 779 g/mol. The fourth-order valence-corrected chi connectivity index (χ4v) is 5.25. The predicted molar refractivity (Wildman–Crippen MR) is 185 cm³/mol. The van der Waals surface area contributed by atoms with Crippen LogP contribution in [-0.2, 0) is 16.1 Å². The van der Waals surface area contributed by atoms with E-state index in [-0.39, 0.29) is 12.2 Å². The predicted octanol–water partition coefficient (Wildman–Crippen LogP) is 5.44. The quantitative estimate of drug-likeness (QED) is 0.0521. The Morgan fingerprint density at radius 2 is 1.77 bits per heavy atom. The number of hydrazone groups is 1. The first-order valence-electron chi connectivity index (χ1n) is 14.7. The second-order valence-corrected chi connectivity index (χ2v) is 11.7. The van der Waals surface area contributed by atoms with Crippen molar-refractivity contribution in [2.45, 2.75) is 39.6 Å². The number of carbonyl (C=O) groups excluding carboxylic acids is 2. The fraction of sp³-hybridized carbons (Fsp3) is 0.303. The van der Waals surface area contributed by atoms with Gasteiger partial charge < -0.3 is 39.4 Å². The number of halogens is 2. The van der Waals surface area contributed by atoms with E-state index in [1.165, 1.54) is 13.3 Å². The molecule has 0 aliphatic carbocycles. The van der Waals surface area contributed by atoms with Crippen molar-refractivity contribution in [3.05, 3.63) is 91.2 Å². The lowest BCUT2D eigenvalue weighted by Crippen LogP contribution is -2.45. The summed E-state index contributed by atoms with van der Waals surface area (Å²) in [5, 5.41) is 20.3. The Morgan fingerprint density at radius 3 is 2.47 bits per heavy atom. The van der Waals surface area contributed by atoms with Crippen LogP contribution < -0.4 is 35.0 Å². The highest BCUT2D eigenvalue weighted by Crippen LogP contribution is 2.37. The van der Waals surface area contributed by atoms with Crippen LogP contribution in [0, 0.1) is 3.57 Å². The summed E-state index contributed by atoms with van der Waals surface area (Å²) < 4.78 is 29.4. The maximum absolute atomic E-state index is 12.5. The van der Waals surface area contributed by atoms with Crippen molar-refractivity contribution in [2.75, 3.05) is 26.9 Å². The molecular weight excluding hydrogens is 743 g/mol. The average Bonchev–Trinajstić information content (AvgIpc) is 3.04. The van der Waals surface area contributed by atoms with E-state index < -0.39 is 24.3 Å². The molecule has 0 bridgehead atoms. The van der Waals surface area contributed by atoms with Gasteiger partial charge in [-0.25, -0.2) is 9.59 Å². The number of aliphatic hydroxyl groups excluding tert-OH is 1. The van der Waals surface area contributed by atoms with Crippen molar-refractivity contribution < 1.29 is 38.4 Å². The van der Waals surface area contributed by atoms with E-state index in [1.807, 2.05) is 38.1 Å².